The Morgan fingerprint density at radius 3 is 2.60 bits per heavy atom. The molecule has 5 heteroatoms. The second kappa shape index (κ2) is 6.33. The van der Waals surface area contributed by atoms with Crippen LogP contribution in [0.2, 0.25) is 10.0 Å². The summed E-state index contributed by atoms with van der Waals surface area (Å²) in [7, 11) is 0. The van der Waals surface area contributed by atoms with E-state index in [9.17, 15) is 0 Å². The number of aromatic nitrogens is 1. The molecule has 1 aromatic carbocycles. The van der Waals surface area contributed by atoms with Crippen molar-refractivity contribution < 1.29 is 0 Å². The van der Waals surface area contributed by atoms with Crippen molar-refractivity contribution in [2.75, 3.05) is 17.6 Å². The third-order valence-corrected chi connectivity index (χ3v) is 3.44. The number of rotatable bonds is 4. The zero-order valence-corrected chi connectivity index (χ0v) is 13.0. The molecule has 0 bridgehead atoms. The number of benzene rings is 1. The minimum absolute atomic E-state index is 0.513. The Morgan fingerprint density at radius 2 is 1.95 bits per heavy atom. The van der Waals surface area contributed by atoms with E-state index in [2.05, 4.69) is 24.1 Å². The van der Waals surface area contributed by atoms with Crippen molar-refractivity contribution in [2.45, 2.75) is 13.8 Å². The van der Waals surface area contributed by atoms with E-state index >= 15 is 0 Å². The Bertz CT molecular complexity index is 612. The maximum atomic E-state index is 6.24. The first kappa shape index (κ1) is 14.9. The molecule has 2 aromatic rings. The standard InChI is InChI=1S/C15H17Cl2N3/c1-9(2)8-20-15-14(18)12(5-6-19-15)11-4-3-10(16)7-13(11)17/h3-7,9H,8,18H2,1-2H3,(H,19,20). The van der Waals surface area contributed by atoms with Crippen LogP contribution in [0.15, 0.2) is 30.5 Å². The lowest BCUT2D eigenvalue weighted by atomic mass is 10.0. The first-order valence-electron chi connectivity index (χ1n) is 6.42. The van der Waals surface area contributed by atoms with Crippen LogP contribution in [-0.2, 0) is 0 Å². The summed E-state index contributed by atoms with van der Waals surface area (Å²) in [5, 5.41) is 4.42. The number of nitrogens with two attached hydrogens (primary N) is 1. The van der Waals surface area contributed by atoms with Crippen LogP contribution in [0.5, 0.6) is 0 Å². The lowest BCUT2D eigenvalue weighted by Gasteiger charge is -2.14. The molecule has 0 radical (unpaired) electrons. The number of anilines is 2. The number of nitrogens with one attached hydrogen (secondary N) is 1. The van der Waals surface area contributed by atoms with Gasteiger partial charge in [0.05, 0.1) is 5.69 Å². The molecule has 0 spiro atoms. The van der Waals surface area contributed by atoms with E-state index in [4.69, 9.17) is 28.9 Å². The minimum atomic E-state index is 0.513. The number of pyridine rings is 1. The normalized spacial score (nSPS) is 10.8. The second-order valence-electron chi connectivity index (χ2n) is 5.02. The molecule has 2 rings (SSSR count). The minimum Gasteiger partial charge on any atom is -0.395 e. The van der Waals surface area contributed by atoms with Gasteiger partial charge < -0.3 is 11.1 Å². The van der Waals surface area contributed by atoms with E-state index < -0.39 is 0 Å². The first-order valence-corrected chi connectivity index (χ1v) is 7.18. The summed E-state index contributed by atoms with van der Waals surface area (Å²) in [5.74, 6) is 1.20. The van der Waals surface area contributed by atoms with Crippen LogP contribution in [0.3, 0.4) is 0 Å². The molecule has 0 fully saturated rings. The van der Waals surface area contributed by atoms with Crippen LogP contribution in [0.1, 0.15) is 13.8 Å². The lowest BCUT2D eigenvalue weighted by Crippen LogP contribution is -2.11. The molecule has 0 amide bonds. The van der Waals surface area contributed by atoms with Crippen molar-refractivity contribution in [1.29, 1.82) is 0 Å². The summed E-state index contributed by atoms with van der Waals surface area (Å²) in [6.07, 6.45) is 1.72. The Balaban J connectivity index is 2.39. The molecule has 1 heterocycles. The van der Waals surface area contributed by atoms with Gasteiger partial charge in [-0.3, -0.25) is 0 Å². The van der Waals surface area contributed by atoms with Gasteiger partial charge in [0.1, 0.15) is 5.82 Å². The van der Waals surface area contributed by atoms with Gasteiger partial charge in [-0.05, 0) is 24.1 Å². The second-order valence-corrected chi connectivity index (χ2v) is 5.86. The molecule has 0 saturated heterocycles. The average Bonchev–Trinajstić information content (AvgIpc) is 2.38. The van der Waals surface area contributed by atoms with Crippen molar-refractivity contribution in [3.05, 3.63) is 40.5 Å². The maximum Gasteiger partial charge on any atom is 0.149 e. The van der Waals surface area contributed by atoms with Crippen LogP contribution in [0.4, 0.5) is 11.5 Å². The molecule has 106 valence electrons. The highest BCUT2D eigenvalue weighted by Crippen LogP contribution is 2.35. The van der Waals surface area contributed by atoms with Gasteiger partial charge in [-0.15, -0.1) is 0 Å². The highest BCUT2D eigenvalue weighted by Gasteiger charge is 2.11. The largest absolute Gasteiger partial charge is 0.395 e. The van der Waals surface area contributed by atoms with Crippen molar-refractivity contribution in [2.24, 2.45) is 5.92 Å². The van der Waals surface area contributed by atoms with Gasteiger partial charge in [-0.2, -0.15) is 0 Å². The number of hydrogen-bond acceptors (Lipinski definition) is 3. The zero-order valence-electron chi connectivity index (χ0n) is 11.5. The summed E-state index contributed by atoms with van der Waals surface area (Å²) in [5.41, 5.74) is 8.49. The molecule has 0 aliphatic rings. The van der Waals surface area contributed by atoms with Gasteiger partial charge in [0.15, 0.2) is 0 Å². The van der Waals surface area contributed by atoms with Crippen LogP contribution in [0.25, 0.3) is 11.1 Å². The third-order valence-electron chi connectivity index (χ3n) is 2.89. The van der Waals surface area contributed by atoms with Crippen molar-refractivity contribution >= 4 is 34.7 Å². The molecule has 0 atom stereocenters. The molecular weight excluding hydrogens is 293 g/mol. The fourth-order valence-electron chi connectivity index (χ4n) is 1.86. The quantitative estimate of drug-likeness (QED) is 0.860. The third kappa shape index (κ3) is 3.35. The zero-order chi connectivity index (χ0) is 14.7. The molecule has 0 aliphatic heterocycles. The van der Waals surface area contributed by atoms with Gasteiger partial charge >= 0.3 is 0 Å². The number of hydrogen-bond donors (Lipinski definition) is 2. The van der Waals surface area contributed by atoms with Crippen LogP contribution < -0.4 is 11.1 Å². The summed E-state index contributed by atoms with van der Waals surface area (Å²) >= 11 is 12.2. The highest BCUT2D eigenvalue weighted by molar-refractivity contribution is 6.36. The molecule has 0 saturated carbocycles. The van der Waals surface area contributed by atoms with E-state index in [-0.39, 0.29) is 0 Å². The van der Waals surface area contributed by atoms with Crippen LogP contribution in [0, 0.1) is 5.92 Å². The van der Waals surface area contributed by atoms with Gasteiger partial charge in [-0.25, -0.2) is 4.98 Å². The molecule has 20 heavy (non-hydrogen) atoms. The molecular formula is C15H17Cl2N3. The molecule has 3 N–H and O–H groups in total. The van der Waals surface area contributed by atoms with E-state index in [0.717, 1.165) is 17.7 Å². The number of nitrogens with zero attached hydrogens (tertiary/aromatic N) is 1. The number of nitrogen functional groups attached to an aromatic ring is 1. The van der Waals surface area contributed by atoms with Crippen LogP contribution in [-0.4, -0.2) is 11.5 Å². The molecule has 0 aliphatic carbocycles. The summed E-state index contributed by atoms with van der Waals surface area (Å²) in [4.78, 5) is 4.28. The van der Waals surface area contributed by atoms with E-state index in [1.807, 2.05) is 12.1 Å². The Hall–Kier alpha value is -1.45. The van der Waals surface area contributed by atoms with Gasteiger partial charge in [0.25, 0.3) is 0 Å². The first-order chi connectivity index (χ1) is 9.49. The Labute approximate surface area is 129 Å². The van der Waals surface area contributed by atoms with E-state index in [1.54, 1.807) is 18.3 Å². The molecule has 3 nitrogen and oxygen atoms in total. The van der Waals surface area contributed by atoms with Gasteiger partial charge in [0.2, 0.25) is 0 Å². The van der Waals surface area contributed by atoms with E-state index in [1.165, 1.54) is 0 Å². The summed E-state index contributed by atoms with van der Waals surface area (Å²) < 4.78 is 0. The SMILES string of the molecule is CC(C)CNc1nccc(-c2ccc(Cl)cc2Cl)c1N. The van der Waals surface area contributed by atoms with Crippen molar-refractivity contribution in [3.8, 4) is 11.1 Å². The van der Waals surface area contributed by atoms with Crippen molar-refractivity contribution in [1.82, 2.24) is 4.98 Å². The van der Waals surface area contributed by atoms with E-state index in [0.29, 0.717) is 27.5 Å². The summed E-state index contributed by atoms with van der Waals surface area (Å²) in [6.45, 7) is 5.07. The average molecular weight is 310 g/mol. The topological polar surface area (TPSA) is 50.9 Å². The predicted octanol–water partition coefficient (Wildman–Crippen LogP) is 4.71. The maximum absolute atomic E-state index is 6.24. The summed E-state index contributed by atoms with van der Waals surface area (Å²) in [6, 6.07) is 7.22. The highest BCUT2D eigenvalue weighted by atomic mass is 35.5. The molecule has 0 unspecified atom stereocenters. The molecule has 1 aromatic heterocycles. The lowest BCUT2D eigenvalue weighted by molar-refractivity contribution is 0.687. The Morgan fingerprint density at radius 1 is 1.20 bits per heavy atom. The predicted molar refractivity (Wildman–Crippen MR) is 87.4 cm³/mol. The Kier molecular flexibility index (Phi) is 4.73. The fraction of sp³-hybridized carbons (Fsp3) is 0.267. The monoisotopic (exact) mass is 309 g/mol. The van der Waals surface area contributed by atoms with Gasteiger partial charge in [0, 0.05) is 33.9 Å². The fourth-order valence-corrected chi connectivity index (χ4v) is 2.37. The number of halogens is 2. The van der Waals surface area contributed by atoms with Gasteiger partial charge in [-0.1, -0.05) is 43.1 Å². The van der Waals surface area contributed by atoms with Crippen molar-refractivity contribution in [3.63, 3.8) is 0 Å². The smallest absolute Gasteiger partial charge is 0.149 e. The van der Waals surface area contributed by atoms with Crippen LogP contribution >= 0.6 is 23.2 Å².